The topological polar surface area (TPSA) is 43.2 Å². The molecule has 0 saturated carbocycles. The molecule has 0 bridgehead atoms. The Labute approximate surface area is 100 Å². The summed E-state index contributed by atoms with van der Waals surface area (Å²) in [7, 11) is 1.68. The maximum Gasteiger partial charge on any atom is 0.257 e. The molecule has 3 nitrogen and oxygen atoms in total. The number of carbonyl (C=O) groups excluding carboxylic acids is 1. The van der Waals surface area contributed by atoms with E-state index in [4.69, 9.17) is 0 Å². The molecule has 1 amide bonds. The second-order valence-electron chi connectivity index (χ2n) is 3.56. The maximum atomic E-state index is 12.0. The standard InChI is InChI=1S/C14H13N2O/c1-15-13-10-6-5-9-12(13)14(17)16-11-7-3-2-4-8-11/h2-10H,1H3,(H,16,17). The van der Waals surface area contributed by atoms with E-state index in [0.717, 1.165) is 5.69 Å². The highest BCUT2D eigenvalue weighted by Crippen LogP contribution is 2.16. The Bertz CT molecular complexity index is 509. The smallest absolute Gasteiger partial charge is 0.257 e. The Morgan fingerprint density at radius 2 is 1.65 bits per heavy atom. The number of nitrogens with zero attached hydrogens (tertiary/aromatic N) is 1. The van der Waals surface area contributed by atoms with E-state index in [1.807, 2.05) is 48.5 Å². The van der Waals surface area contributed by atoms with Crippen LogP contribution >= 0.6 is 0 Å². The number of hydrogen-bond donors (Lipinski definition) is 1. The van der Waals surface area contributed by atoms with E-state index < -0.39 is 0 Å². The second kappa shape index (κ2) is 5.16. The zero-order valence-corrected chi connectivity index (χ0v) is 9.55. The minimum Gasteiger partial charge on any atom is -0.322 e. The Morgan fingerprint density at radius 3 is 2.35 bits per heavy atom. The highest BCUT2D eigenvalue weighted by Gasteiger charge is 2.10. The van der Waals surface area contributed by atoms with Gasteiger partial charge in [0.15, 0.2) is 0 Å². The second-order valence-corrected chi connectivity index (χ2v) is 3.56. The van der Waals surface area contributed by atoms with Gasteiger partial charge in [-0.3, -0.25) is 10.1 Å². The van der Waals surface area contributed by atoms with Gasteiger partial charge in [-0.15, -0.1) is 0 Å². The van der Waals surface area contributed by atoms with Gasteiger partial charge in [-0.05, 0) is 24.3 Å². The number of amides is 1. The number of carbonyl (C=O) groups is 1. The van der Waals surface area contributed by atoms with Crippen LogP contribution in [0.4, 0.5) is 11.4 Å². The van der Waals surface area contributed by atoms with Gasteiger partial charge >= 0.3 is 0 Å². The van der Waals surface area contributed by atoms with Gasteiger partial charge in [-0.2, -0.15) is 0 Å². The minimum absolute atomic E-state index is 0.141. The number of para-hydroxylation sites is 2. The lowest BCUT2D eigenvalue weighted by Crippen LogP contribution is -2.13. The fourth-order valence-corrected chi connectivity index (χ4v) is 1.58. The molecule has 3 heteroatoms. The van der Waals surface area contributed by atoms with Crippen LogP contribution in [0.1, 0.15) is 10.4 Å². The summed E-state index contributed by atoms with van der Waals surface area (Å²) < 4.78 is 0. The van der Waals surface area contributed by atoms with Gasteiger partial charge in [0, 0.05) is 12.7 Å². The molecular formula is C14H13N2O. The molecule has 1 radical (unpaired) electrons. The summed E-state index contributed by atoms with van der Waals surface area (Å²) >= 11 is 0. The third-order valence-electron chi connectivity index (χ3n) is 2.42. The van der Waals surface area contributed by atoms with Gasteiger partial charge < -0.3 is 5.32 Å². The first-order chi connectivity index (χ1) is 8.31. The molecule has 0 spiro atoms. The molecule has 0 aromatic heterocycles. The number of rotatable bonds is 3. The van der Waals surface area contributed by atoms with Crippen molar-refractivity contribution in [3.63, 3.8) is 0 Å². The Hall–Kier alpha value is -2.29. The Morgan fingerprint density at radius 1 is 1.00 bits per heavy atom. The molecule has 17 heavy (non-hydrogen) atoms. The van der Waals surface area contributed by atoms with Crippen molar-refractivity contribution in [2.45, 2.75) is 0 Å². The van der Waals surface area contributed by atoms with Crippen molar-refractivity contribution in [2.24, 2.45) is 0 Å². The van der Waals surface area contributed by atoms with Crippen LogP contribution in [0, 0.1) is 0 Å². The lowest BCUT2D eigenvalue weighted by molar-refractivity contribution is 0.102. The third-order valence-corrected chi connectivity index (χ3v) is 2.42. The van der Waals surface area contributed by atoms with Crippen molar-refractivity contribution in [1.82, 2.24) is 5.32 Å². The van der Waals surface area contributed by atoms with Crippen LogP contribution in [-0.2, 0) is 0 Å². The van der Waals surface area contributed by atoms with E-state index in [-0.39, 0.29) is 5.91 Å². The number of nitrogens with one attached hydrogen (secondary N) is 1. The van der Waals surface area contributed by atoms with Gasteiger partial charge in [-0.1, -0.05) is 30.3 Å². The predicted octanol–water partition coefficient (Wildman–Crippen LogP) is 2.80. The normalized spacial score (nSPS) is 9.71. The van der Waals surface area contributed by atoms with E-state index in [1.165, 1.54) is 0 Å². The highest BCUT2D eigenvalue weighted by molar-refractivity contribution is 6.07. The van der Waals surface area contributed by atoms with Crippen molar-refractivity contribution in [1.29, 1.82) is 0 Å². The van der Waals surface area contributed by atoms with E-state index in [0.29, 0.717) is 11.3 Å². The van der Waals surface area contributed by atoms with Crippen LogP contribution in [0.2, 0.25) is 0 Å². The van der Waals surface area contributed by atoms with Crippen LogP contribution in [0.25, 0.3) is 0 Å². The molecule has 0 aliphatic rings. The van der Waals surface area contributed by atoms with Crippen LogP contribution in [0.5, 0.6) is 0 Å². The SMILES string of the molecule is C[N]c1ccccc1C(=O)Nc1ccccc1. The lowest BCUT2D eigenvalue weighted by atomic mass is 10.1. The third kappa shape index (κ3) is 2.64. The molecule has 0 unspecified atom stereocenters. The maximum absolute atomic E-state index is 12.0. The van der Waals surface area contributed by atoms with Gasteiger partial charge in [0.1, 0.15) is 0 Å². The molecule has 0 aliphatic carbocycles. The quantitative estimate of drug-likeness (QED) is 0.857. The van der Waals surface area contributed by atoms with Crippen molar-refractivity contribution in [2.75, 3.05) is 12.4 Å². The molecule has 2 rings (SSSR count). The molecule has 1 N–H and O–H groups in total. The van der Waals surface area contributed by atoms with Crippen molar-refractivity contribution >= 4 is 17.3 Å². The van der Waals surface area contributed by atoms with Crippen molar-refractivity contribution < 1.29 is 4.79 Å². The fourth-order valence-electron chi connectivity index (χ4n) is 1.58. The summed E-state index contributed by atoms with van der Waals surface area (Å²) in [5, 5.41) is 6.91. The first kappa shape index (κ1) is 11.2. The summed E-state index contributed by atoms with van der Waals surface area (Å²) in [6.07, 6.45) is 0. The molecule has 2 aromatic rings. The van der Waals surface area contributed by atoms with Gasteiger partial charge in [0.05, 0.1) is 11.3 Å². The summed E-state index contributed by atoms with van der Waals surface area (Å²) in [4.78, 5) is 12.0. The first-order valence-electron chi connectivity index (χ1n) is 5.36. The average Bonchev–Trinajstić information content (AvgIpc) is 2.40. The largest absolute Gasteiger partial charge is 0.322 e. The first-order valence-corrected chi connectivity index (χ1v) is 5.36. The molecule has 0 saturated heterocycles. The molecule has 2 aromatic carbocycles. The van der Waals surface area contributed by atoms with Gasteiger partial charge in [-0.25, -0.2) is 0 Å². The summed E-state index contributed by atoms with van der Waals surface area (Å²) in [5.41, 5.74) is 2.06. The van der Waals surface area contributed by atoms with Crippen molar-refractivity contribution in [3.8, 4) is 0 Å². The minimum atomic E-state index is -0.141. The van der Waals surface area contributed by atoms with Crippen LogP contribution in [0.3, 0.4) is 0 Å². The zero-order chi connectivity index (χ0) is 12.1. The predicted molar refractivity (Wildman–Crippen MR) is 68.6 cm³/mol. The van der Waals surface area contributed by atoms with Crippen LogP contribution in [-0.4, -0.2) is 13.0 Å². The van der Waals surface area contributed by atoms with Gasteiger partial charge in [0.25, 0.3) is 5.91 Å². The Balaban J connectivity index is 2.20. The lowest BCUT2D eigenvalue weighted by Gasteiger charge is -2.08. The molecular weight excluding hydrogens is 212 g/mol. The molecule has 0 heterocycles. The summed E-state index contributed by atoms with van der Waals surface area (Å²) in [6.45, 7) is 0. The monoisotopic (exact) mass is 225 g/mol. The van der Waals surface area contributed by atoms with E-state index in [1.54, 1.807) is 13.1 Å². The van der Waals surface area contributed by atoms with Crippen LogP contribution < -0.4 is 10.6 Å². The fraction of sp³-hybridized carbons (Fsp3) is 0.0714. The van der Waals surface area contributed by atoms with E-state index in [9.17, 15) is 4.79 Å². The molecule has 0 fully saturated rings. The average molecular weight is 225 g/mol. The zero-order valence-electron chi connectivity index (χ0n) is 9.55. The number of anilines is 1. The summed E-state index contributed by atoms with van der Waals surface area (Å²) in [6, 6.07) is 16.6. The summed E-state index contributed by atoms with van der Waals surface area (Å²) in [5.74, 6) is -0.141. The van der Waals surface area contributed by atoms with E-state index in [2.05, 4.69) is 10.6 Å². The number of benzene rings is 2. The van der Waals surface area contributed by atoms with Crippen LogP contribution in [0.15, 0.2) is 54.6 Å². The molecule has 0 atom stereocenters. The Kier molecular flexibility index (Phi) is 3.40. The highest BCUT2D eigenvalue weighted by atomic mass is 16.1. The molecule has 0 aliphatic heterocycles. The molecule has 85 valence electrons. The van der Waals surface area contributed by atoms with E-state index >= 15 is 0 Å². The number of hydrogen-bond acceptors (Lipinski definition) is 1. The van der Waals surface area contributed by atoms with Gasteiger partial charge in [0.2, 0.25) is 0 Å². The van der Waals surface area contributed by atoms with Crippen molar-refractivity contribution in [3.05, 3.63) is 60.2 Å².